The molecule has 0 aromatic carbocycles. The van der Waals surface area contributed by atoms with Crippen LogP contribution in [0.3, 0.4) is 0 Å². The summed E-state index contributed by atoms with van der Waals surface area (Å²) in [6.45, 7) is 0. The van der Waals surface area contributed by atoms with Crippen LogP contribution in [0, 0.1) is 0 Å². The van der Waals surface area contributed by atoms with Gasteiger partial charge >= 0.3 is 111 Å². The topological polar surface area (TPSA) is 204 Å². The normalized spacial score (nSPS) is 8.43. The number of hydrogen-bond donors (Lipinski definition) is 0. The Bertz CT molecular complexity index is 130. The fraction of sp³-hybridized carbons (Fsp3) is 0. The minimum atomic E-state index is -5.88. The molecule has 14 heavy (non-hydrogen) atoms. The molecule has 0 bridgehead atoms. The first-order valence-electron chi connectivity index (χ1n) is 1.46. The third-order valence-electron chi connectivity index (χ3n) is 0. The molecule has 0 aliphatic carbocycles. The molecule has 9 nitrogen and oxygen atoms in total. The van der Waals surface area contributed by atoms with Crippen LogP contribution < -0.4 is 24.6 Å². The summed E-state index contributed by atoms with van der Waals surface area (Å²) in [6.07, 6.45) is 0. The molecule has 14 heteroatoms. The Morgan fingerprint density at radius 2 is 0.571 bits per heavy atom. The molecule has 2 N–H and O–H groups in total. The molecule has 0 aromatic heterocycles. The SMILES string of the molecule is O.O=[As]([O-])([O-])[O-].O=[As]([O-])([O-])[O-].[Ni+2].[Ni+2].[Ni+2]. The van der Waals surface area contributed by atoms with E-state index in [2.05, 4.69) is 0 Å². The van der Waals surface area contributed by atoms with Crippen molar-refractivity contribution in [1.29, 1.82) is 0 Å². The van der Waals surface area contributed by atoms with Gasteiger partial charge in [0.15, 0.2) is 0 Å². The summed E-state index contributed by atoms with van der Waals surface area (Å²) in [6, 6.07) is 0. The summed E-state index contributed by atoms with van der Waals surface area (Å²) in [4.78, 5) is 0. The summed E-state index contributed by atoms with van der Waals surface area (Å²) in [5.74, 6) is 0. The van der Waals surface area contributed by atoms with Gasteiger partial charge in [-0.3, -0.25) is 0 Å². The summed E-state index contributed by atoms with van der Waals surface area (Å²) >= 11 is -11.8. The first-order valence-corrected chi connectivity index (χ1v) is 7.59. The van der Waals surface area contributed by atoms with E-state index in [0.29, 0.717) is 0 Å². The Morgan fingerprint density at radius 3 is 0.571 bits per heavy atom. The molecule has 96 valence electrons. The molecular formula is H2As2Ni3O9. The fourth-order valence-corrected chi connectivity index (χ4v) is 0. The predicted octanol–water partition coefficient (Wildman–Crippen LogP) is -8.97. The molecule has 0 fully saturated rings. The standard InChI is InChI=1S/2AsH3O4.3Ni.H2O/c2*2-1(3,4)5;;;;/h2*(H3,2,3,4,5);;;;1H2/q;;3*+2;/p-6. The van der Waals surface area contributed by atoms with Crippen molar-refractivity contribution >= 4 is 29.0 Å². The summed E-state index contributed by atoms with van der Waals surface area (Å²) in [5.41, 5.74) is 0. The molecule has 0 saturated carbocycles. The Kier molecular flexibility index (Phi) is 38.4. The van der Waals surface area contributed by atoms with Gasteiger partial charge in [0.05, 0.1) is 0 Å². The van der Waals surface area contributed by atoms with E-state index in [1.807, 2.05) is 0 Å². The maximum absolute atomic E-state index is 8.61. The van der Waals surface area contributed by atoms with Crippen molar-refractivity contribution in [1.82, 2.24) is 0 Å². The van der Waals surface area contributed by atoms with Crippen molar-refractivity contribution in [3.8, 4) is 0 Å². The third-order valence-corrected chi connectivity index (χ3v) is 0. The first-order chi connectivity index (χ1) is 4.00. The van der Waals surface area contributed by atoms with E-state index < -0.39 is 29.0 Å². The molecule has 0 radical (unpaired) electrons. The zero-order valence-corrected chi connectivity index (χ0v) is 12.3. The summed E-state index contributed by atoms with van der Waals surface area (Å²) in [5, 5.41) is 0. The van der Waals surface area contributed by atoms with E-state index in [0.717, 1.165) is 0 Å². The maximum Gasteiger partial charge on any atom is 2.00 e. The van der Waals surface area contributed by atoms with E-state index in [9.17, 15) is 0 Å². The van der Waals surface area contributed by atoms with Gasteiger partial charge in [0.25, 0.3) is 0 Å². The molecular weight excluding hydrogens is 470 g/mol. The van der Waals surface area contributed by atoms with Crippen molar-refractivity contribution in [2.75, 3.05) is 0 Å². The monoisotopic (exact) mass is 470 g/mol. The molecule has 0 amide bonds. The van der Waals surface area contributed by atoms with Crippen LogP contribution in [0.15, 0.2) is 0 Å². The van der Waals surface area contributed by atoms with E-state index in [1.165, 1.54) is 0 Å². The van der Waals surface area contributed by atoms with Crippen molar-refractivity contribution in [3.63, 3.8) is 0 Å². The van der Waals surface area contributed by atoms with Gasteiger partial charge in [-0.15, -0.1) is 0 Å². The number of rotatable bonds is 0. The zero-order chi connectivity index (χ0) is 9.00. The molecule has 0 aliphatic heterocycles. The Labute approximate surface area is 115 Å². The second kappa shape index (κ2) is 14.9. The van der Waals surface area contributed by atoms with Crippen LogP contribution in [0.25, 0.3) is 0 Å². The van der Waals surface area contributed by atoms with Crippen LogP contribution in [-0.4, -0.2) is 34.5 Å². The molecule has 0 atom stereocenters. The second-order valence-electron chi connectivity index (χ2n) is 0.894. The van der Waals surface area contributed by atoms with Crippen LogP contribution in [0.4, 0.5) is 0 Å². The molecule has 0 rings (SSSR count). The van der Waals surface area contributed by atoms with Gasteiger partial charge in [-0.2, -0.15) is 0 Å². The third kappa shape index (κ3) is 632. The molecule has 0 saturated heterocycles. The van der Waals surface area contributed by atoms with Crippen LogP contribution >= 0.6 is 0 Å². The van der Waals surface area contributed by atoms with Crippen LogP contribution in [0.5, 0.6) is 0 Å². The van der Waals surface area contributed by atoms with E-state index in [-0.39, 0.29) is 55.0 Å². The molecule has 0 heterocycles. The van der Waals surface area contributed by atoms with Crippen LogP contribution in [0.1, 0.15) is 0 Å². The average Bonchev–Trinajstić information content (AvgIpc) is 1.12. The largest absolute Gasteiger partial charge is 2.00 e. The number of hydrogen-bond acceptors (Lipinski definition) is 8. The zero-order valence-electron chi connectivity index (χ0n) is 5.61. The van der Waals surface area contributed by atoms with Gasteiger partial charge in [0, 0.05) is 0 Å². The summed E-state index contributed by atoms with van der Waals surface area (Å²) < 4.78 is 68.9. The van der Waals surface area contributed by atoms with Gasteiger partial charge in [-0.25, -0.2) is 0 Å². The quantitative estimate of drug-likeness (QED) is 0.309. The van der Waals surface area contributed by atoms with Crippen molar-refractivity contribution in [3.05, 3.63) is 0 Å². The molecule has 0 aliphatic rings. The van der Waals surface area contributed by atoms with Crippen LogP contribution in [0.2, 0.25) is 0 Å². The summed E-state index contributed by atoms with van der Waals surface area (Å²) in [7, 11) is 0. The Hall–Kier alpha value is 1.92. The Balaban J connectivity index is -0.0000000178. The van der Waals surface area contributed by atoms with Crippen molar-refractivity contribution < 1.29 is 87.0 Å². The molecule has 0 aromatic rings. The van der Waals surface area contributed by atoms with E-state index in [4.69, 9.17) is 32.1 Å². The van der Waals surface area contributed by atoms with Gasteiger partial charge in [-0.05, 0) is 0 Å². The minimum Gasteiger partial charge on any atom is 2.00 e. The molecule has 0 unspecified atom stereocenters. The van der Waals surface area contributed by atoms with Gasteiger partial charge in [0.1, 0.15) is 0 Å². The van der Waals surface area contributed by atoms with Crippen LogP contribution in [-0.2, 0) is 57.0 Å². The fourth-order valence-electron chi connectivity index (χ4n) is 0. The maximum atomic E-state index is 8.61. The predicted molar refractivity (Wildman–Crippen MR) is 16.5 cm³/mol. The Morgan fingerprint density at radius 1 is 0.571 bits per heavy atom. The van der Waals surface area contributed by atoms with Crippen molar-refractivity contribution in [2.45, 2.75) is 0 Å². The van der Waals surface area contributed by atoms with Gasteiger partial charge < -0.3 is 5.48 Å². The minimum absolute atomic E-state index is 0. The second-order valence-corrected chi connectivity index (χ2v) is 4.65. The molecule has 0 spiro atoms. The van der Waals surface area contributed by atoms with Gasteiger partial charge in [0.2, 0.25) is 0 Å². The van der Waals surface area contributed by atoms with E-state index in [1.54, 1.807) is 0 Å². The van der Waals surface area contributed by atoms with E-state index >= 15 is 0 Å². The van der Waals surface area contributed by atoms with Crippen molar-refractivity contribution in [2.24, 2.45) is 0 Å². The first kappa shape index (κ1) is 36.0. The van der Waals surface area contributed by atoms with Gasteiger partial charge in [-0.1, -0.05) is 0 Å². The average molecular weight is 472 g/mol. The smallest absolute Gasteiger partial charge is 2.00 e.